The molecular weight excluding hydrogens is 212 g/mol. The van der Waals surface area contributed by atoms with Crippen LogP contribution in [0.15, 0.2) is 30.9 Å². The van der Waals surface area contributed by atoms with Gasteiger partial charge in [0.1, 0.15) is 0 Å². The van der Waals surface area contributed by atoms with Gasteiger partial charge in [0.25, 0.3) is 5.91 Å². The number of carbonyl (C=O) groups excluding carboxylic acids is 1. The maximum Gasteiger partial charge on any atom is 0.256 e. The SMILES string of the molecule is C=CCN(C(=O)c1cccc(C)c1N)C1CC1. The predicted molar refractivity (Wildman–Crippen MR) is 69.8 cm³/mol. The average Bonchev–Trinajstić information content (AvgIpc) is 3.13. The molecule has 0 spiro atoms. The molecule has 0 bridgehead atoms. The largest absolute Gasteiger partial charge is 0.398 e. The minimum Gasteiger partial charge on any atom is -0.398 e. The number of nitrogen functional groups attached to an aromatic ring is 1. The van der Waals surface area contributed by atoms with Crippen LogP contribution in [0.1, 0.15) is 28.8 Å². The lowest BCUT2D eigenvalue weighted by molar-refractivity contribution is 0.0763. The van der Waals surface area contributed by atoms with Crippen molar-refractivity contribution in [1.82, 2.24) is 4.90 Å². The van der Waals surface area contributed by atoms with Crippen LogP contribution in [0.25, 0.3) is 0 Å². The highest BCUT2D eigenvalue weighted by atomic mass is 16.2. The number of nitrogens with two attached hydrogens (primary N) is 1. The molecule has 2 N–H and O–H groups in total. The molecule has 0 radical (unpaired) electrons. The lowest BCUT2D eigenvalue weighted by atomic mass is 10.1. The van der Waals surface area contributed by atoms with Crippen molar-refractivity contribution >= 4 is 11.6 Å². The zero-order valence-corrected chi connectivity index (χ0v) is 10.1. The highest BCUT2D eigenvalue weighted by molar-refractivity contribution is 6.00. The van der Waals surface area contributed by atoms with E-state index in [4.69, 9.17) is 5.73 Å². The van der Waals surface area contributed by atoms with Crippen LogP contribution < -0.4 is 5.73 Å². The molecule has 1 aromatic rings. The summed E-state index contributed by atoms with van der Waals surface area (Å²) in [5, 5.41) is 0. The number of aryl methyl sites for hydroxylation is 1. The molecule has 0 atom stereocenters. The van der Waals surface area contributed by atoms with Gasteiger partial charge in [-0.2, -0.15) is 0 Å². The number of hydrogen-bond acceptors (Lipinski definition) is 2. The van der Waals surface area contributed by atoms with Crippen molar-refractivity contribution in [3.05, 3.63) is 42.0 Å². The van der Waals surface area contributed by atoms with Gasteiger partial charge >= 0.3 is 0 Å². The third-order valence-corrected chi connectivity index (χ3v) is 3.13. The van der Waals surface area contributed by atoms with Crippen molar-refractivity contribution in [2.75, 3.05) is 12.3 Å². The third kappa shape index (κ3) is 2.33. The highest BCUT2D eigenvalue weighted by Gasteiger charge is 2.32. The molecule has 3 nitrogen and oxygen atoms in total. The molecule has 1 aliphatic carbocycles. The highest BCUT2D eigenvalue weighted by Crippen LogP contribution is 2.29. The Balaban J connectivity index is 2.28. The first-order valence-corrected chi connectivity index (χ1v) is 5.92. The van der Waals surface area contributed by atoms with Crippen molar-refractivity contribution in [2.45, 2.75) is 25.8 Å². The van der Waals surface area contributed by atoms with Gasteiger partial charge in [0.05, 0.1) is 5.56 Å². The molecule has 3 heteroatoms. The topological polar surface area (TPSA) is 46.3 Å². The molecule has 0 heterocycles. The molecule has 1 aliphatic rings. The number of para-hydroxylation sites is 1. The van der Waals surface area contributed by atoms with Gasteiger partial charge < -0.3 is 10.6 Å². The lowest BCUT2D eigenvalue weighted by Crippen LogP contribution is -2.33. The molecule has 1 aromatic carbocycles. The normalized spacial score (nSPS) is 14.4. The monoisotopic (exact) mass is 230 g/mol. The molecular formula is C14H18N2O. The Morgan fingerprint density at radius 2 is 2.29 bits per heavy atom. The third-order valence-electron chi connectivity index (χ3n) is 3.13. The number of nitrogens with zero attached hydrogens (tertiary/aromatic N) is 1. The number of anilines is 1. The second-order valence-electron chi connectivity index (χ2n) is 4.51. The van der Waals surface area contributed by atoms with Crippen molar-refractivity contribution in [3.8, 4) is 0 Å². The summed E-state index contributed by atoms with van der Waals surface area (Å²) in [5.41, 5.74) is 8.11. The Morgan fingerprint density at radius 1 is 1.59 bits per heavy atom. The van der Waals surface area contributed by atoms with Crippen LogP contribution in [0.5, 0.6) is 0 Å². The molecule has 1 saturated carbocycles. The van der Waals surface area contributed by atoms with E-state index in [-0.39, 0.29) is 5.91 Å². The van der Waals surface area contributed by atoms with Crippen LogP contribution in [-0.4, -0.2) is 23.4 Å². The molecule has 2 rings (SSSR count). The second kappa shape index (κ2) is 4.62. The molecule has 1 fully saturated rings. The van der Waals surface area contributed by atoms with E-state index in [1.165, 1.54) is 0 Å². The van der Waals surface area contributed by atoms with Gasteiger partial charge in [-0.1, -0.05) is 18.2 Å². The van der Waals surface area contributed by atoms with Crippen LogP contribution in [0.3, 0.4) is 0 Å². The summed E-state index contributed by atoms with van der Waals surface area (Å²) >= 11 is 0. The minimum atomic E-state index is 0.0219. The van der Waals surface area contributed by atoms with Crippen molar-refractivity contribution in [3.63, 3.8) is 0 Å². The van der Waals surface area contributed by atoms with E-state index in [0.29, 0.717) is 23.8 Å². The molecule has 0 aromatic heterocycles. The zero-order chi connectivity index (χ0) is 12.4. The Labute approximate surface area is 102 Å². The smallest absolute Gasteiger partial charge is 0.256 e. The first kappa shape index (κ1) is 11.7. The second-order valence-corrected chi connectivity index (χ2v) is 4.51. The Kier molecular flexibility index (Phi) is 3.18. The number of benzene rings is 1. The summed E-state index contributed by atoms with van der Waals surface area (Å²) in [7, 11) is 0. The van der Waals surface area contributed by atoms with Crippen LogP contribution in [0.4, 0.5) is 5.69 Å². The Bertz CT molecular complexity index is 450. The fourth-order valence-corrected chi connectivity index (χ4v) is 1.94. The van der Waals surface area contributed by atoms with Gasteiger partial charge in [-0.3, -0.25) is 4.79 Å². The summed E-state index contributed by atoms with van der Waals surface area (Å²) < 4.78 is 0. The van der Waals surface area contributed by atoms with Crippen LogP contribution in [-0.2, 0) is 0 Å². The fraction of sp³-hybridized carbons (Fsp3) is 0.357. The summed E-state index contributed by atoms with van der Waals surface area (Å²) in [6.45, 7) is 6.21. The van der Waals surface area contributed by atoms with Crippen molar-refractivity contribution in [1.29, 1.82) is 0 Å². The maximum atomic E-state index is 12.4. The number of hydrogen-bond donors (Lipinski definition) is 1. The standard InChI is InChI=1S/C14H18N2O/c1-3-9-16(11-7-8-11)14(17)12-6-4-5-10(2)13(12)15/h3-6,11H,1,7-9,15H2,2H3. The molecule has 0 aliphatic heterocycles. The minimum absolute atomic E-state index is 0.0219. The van der Waals surface area contributed by atoms with Gasteiger partial charge in [0.15, 0.2) is 0 Å². The summed E-state index contributed by atoms with van der Waals surface area (Å²) in [6.07, 6.45) is 3.94. The van der Waals surface area contributed by atoms with Gasteiger partial charge in [-0.15, -0.1) is 6.58 Å². The lowest BCUT2D eigenvalue weighted by Gasteiger charge is -2.21. The molecule has 90 valence electrons. The van der Waals surface area contributed by atoms with Gasteiger partial charge in [0.2, 0.25) is 0 Å². The van der Waals surface area contributed by atoms with E-state index in [1.807, 2.05) is 24.0 Å². The number of rotatable bonds is 4. The van der Waals surface area contributed by atoms with E-state index in [2.05, 4.69) is 6.58 Å². The summed E-state index contributed by atoms with van der Waals surface area (Å²) in [5.74, 6) is 0.0219. The molecule has 0 unspecified atom stereocenters. The quantitative estimate of drug-likeness (QED) is 0.637. The summed E-state index contributed by atoms with van der Waals surface area (Å²) in [6, 6.07) is 5.96. The van der Waals surface area contributed by atoms with E-state index >= 15 is 0 Å². The van der Waals surface area contributed by atoms with Crippen molar-refractivity contribution < 1.29 is 4.79 Å². The molecule has 1 amide bonds. The van der Waals surface area contributed by atoms with Crippen LogP contribution in [0, 0.1) is 6.92 Å². The Hall–Kier alpha value is -1.77. The maximum absolute atomic E-state index is 12.4. The fourth-order valence-electron chi connectivity index (χ4n) is 1.94. The van der Waals surface area contributed by atoms with Crippen LogP contribution >= 0.6 is 0 Å². The first-order valence-electron chi connectivity index (χ1n) is 5.92. The van der Waals surface area contributed by atoms with Gasteiger partial charge in [-0.25, -0.2) is 0 Å². The van der Waals surface area contributed by atoms with Gasteiger partial charge in [-0.05, 0) is 31.4 Å². The van der Waals surface area contributed by atoms with E-state index < -0.39 is 0 Å². The van der Waals surface area contributed by atoms with Crippen LogP contribution in [0.2, 0.25) is 0 Å². The predicted octanol–water partition coefficient (Wildman–Crippen LogP) is 2.37. The van der Waals surface area contributed by atoms with E-state index in [0.717, 1.165) is 18.4 Å². The van der Waals surface area contributed by atoms with Crippen molar-refractivity contribution in [2.24, 2.45) is 0 Å². The zero-order valence-electron chi connectivity index (χ0n) is 10.1. The van der Waals surface area contributed by atoms with E-state index in [1.54, 1.807) is 12.1 Å². The number of carbonyl (C=O) groups is 1. The van der Waals surface area contributed by atoms with Gasteiger partial charge in [0, 0.05) is 18.3 Å². The average molecular weight is 230 g/mol. The molecule has 17 heavy (non-hydrogen) atoms. The molecule has 0 saturated heterocycles. The number of amides is 1. The first-order chi connectivity index (χ1) is 8.15. The summed E-state index contributed by atoms with van der Waals surface area (Å²) in [4.78, 5) is 14.2. The van der Waals surface area contributed by atoms with E-state index in [9.17, 15) is 4.79 Å². The Morgan fingerprint density at radius 3 is 2.88 bits per heavy atom.